The summed E-state index contributed by atoms with van der Waals surface area (Å²) in [6.45, 7) is 2.30. The molecule has 154 valence electrons. The van der Waals surface area contributed by atoms with Gasteiger partial charge >= 0.3 is 5.69 Å². The van der Waals surface area contributed by atoms with Crippen molar-refractivity contribution in [3.8, 4) is 11.8 Å². The van der Waals surface area contributed by atoms with Crippen LogP contribution in [0.5, 0.6) is 0 Å². The first-order chi connectivity index (χ1) is 14.1. The molecule has 2 fully saturated rings. The molecule has 2 unspecified atom stereocenters. The monoisotopic (exact) mass is 398 g/mol. The fourth-order valence-corrected chi connectivity index (χ4v) is 4.15. The molecule has 1 aromatic carbocycles. The standard InChI is InChI=1S/C21H26N4O4/c1-24-19-14(5-3-13-29-15-9-11-22-12-10-15)4-2-6-16(19)25(21(24)28)17-7-8-18(26)23-20(17)27/h2,4,6,15,17,20,22,27H,7-13H2,1H3,(H,23,26). The number of piperidine rings is 2. The molecule has 3 heterocycles. The molecule has 0 radical (unpaired) electrons. The third-order valence-electron chi connectivity index (χ3n) is 5.68. The second-order valence-corrected chi connectivity index (χ2v) is 7.57. The number of aliphatic hydroxyl groups excluding tert-OH is 1. The number of rotatable bonds is 3. The Morgan fingerprint density at radius 1 is 1.24 bits per heavy atom. The summed E-state index contributed by atoms with van der Waals surface area (Å²) in [6, 6.07) is 5.07. The molecule has 2 atom stereocenters. The summed E-state index contributed by atoms with van der Waals surface area (Å²) in [6.07, 6.45) is 1.83. The number of amides is 1. The predicted octanol–water partition coefficient (Wildman–Crippen LogP) is 0.230. The van der Waals surface area contributed by atoms with Gasteiger partial charge in [-0.05, 0) is 44.5 Å². The van der Waals surface area contributed by atoms with Crippen LogP contribution in [0.3, 0.4) is 0 Å². The number of carbonyl (C=O) groups is 1. The van der Waals surface area contributed by atoms with Gasteiger partial charge in [0.05, 0.1) is 28.7 Å². The average molecular weight is 398 g/mol. The minimum absolute atomic E-state index is 0.206. The van der Waals surface area contributed by atoms with Crippen molar-refractivity contribution in [2.24, 2.45) is 7.05 Å². The van der Waals surface area contributed by atoms with Gasteiger partial charge < -0.3 is 20.5 Å². The summed E-state index contributed by atoms with van der Waals surface area (Å²) in [5, 5.41) is 16.1. The largest absolute Gasteiger partial charge is 0.372 e. The second kappa shape index (κ2) is 8.41. The molecule has 2 aliphatic rings. The van der Waals surface area contributed by atoms with Gasteiger partial charge in [0.25, 0.3) is 0 Å². The normalized spacial score (nSPS) is 22.9. The predicted molar refractivity (Wildman–Crippen MR) is 108 cm³/mol. The highest BCUT2D eigenvalue weighted by molar-refractivity contribution is 5.83. The lowest BCUT2D eigenvalue weighted by atomic mass is 10.0. The molecular weight excluding hydrogens is 372 g/mol. The number of hydrogen-bond donors (Lipinski definition) is 3. The highest BCUT2D eigenvalue weighted by Crippen LogP contribution is 2.26. The van der Waals surface area contributed by atoms with Crippen LogP contribution in [0, 0.1) is 11.8 Å². The number of aryl methyl sites for hydroxylation is 1. The minimum Gasteiger partial charge on any atom is -0.372 e. The summed E-state index contributed by atoms with van der Waals surface area (Å²) in [5.41, 5.74) is 1.92. The molecule has 2 saturated heterocycles. The van der Waals surface area contributed by atoms with Crippen LogP contribution < -0.4 is 16.3 Å². The molecule has 2 aliphatic heterocycles. The fourth-order valence-electron chi connectivity index (χ4n) is 4.15. The molecule has 1 aromatic heterocycles. The van der Waals surface area contributed by atoms with Gasteiger partial charge in [-0.3, -0.25) is 13.9 Å². The van der Waals surface area contributed by atoms with E-state index < -0.39 is 12.3 Å². The summed E-state index contributed by atoms with van der Waals surface area (Å²) < 4.78 is 8.95. The molecule has 8 heteroatoms. The van der Waals surface area contributed by atoms with Crippen molar-refractivity contribution in [1.29, 1.82) is 0 Å². The molecule has 3 N–H and O–H groups in total. The zero-order valence-corrected chi connectivity index (χ0v) is 16.5. The molecule has 29 heavy (non-hydrogen) atoms. The van der Waals surface area contributed by atoms with Crippen molar-refractivity contribution in [2.45, 2.75) is 44.1 Å². The molecule has 0 aliphatic carbocycles. The van der Waals surface area contributed by atoms with E-state index >= 15 is 0 Å². The number of aliphatic hydroxyl groups is 1. The van der Waals surface area contributed by atoms with Gasteiger partial charge in [0, 0.05) is 13.5 Å². The topological polar surface area (TPSA) is 97.5 Å². The number of aromatic nitrogens is 2. The Morgan fingerprint density at radius 3 is 2.79 bits per heavy atom. The van der Waals surface area contributed by atoms with E-state index in [0.29, 0.717) is 18.5 Å². The smallest absolute Gasteiger partial charge is 0.329 e. The molecule has 1 amide bonds. The van der Waals surface area contributed by atoms with Crippen LogP contribution in [0.15, 0.2) is 23.0 Å². The van der Waals surface area contributed by atoms with Crippen molar-refractivity contribution in [3.05, 3.63) is 34.2 Å². The van der Waals surface area contributed by atoms with Crippen molar-refractivity contribution < 1.29 is 14.6 Å². The number of fused-ring (bicyclic) bond motifs is 1. The maximum Gasteiger partial charge on any atom is 0.329 e. The van der Waals surface area contributed by atoms with Gasteiger partial charge in [-0.15, -0.1) is 0 Å². The van der Waals surface area contributed by atoms with Crippen molar-refractivity contribution in [2.75, 3.05) is 19.7 Å². The minimum atomic E-state index is -1.09. The van der Waals surface area contributed by atoms with Gasteiger partial charge in [-0.25, -0.2) is 4.79 Å². The van der Waals surface area contributed by atoms with Crippen LogP contribution in [0.4, 0.5) is 0 Å². The van der Waals surface area contributed by atoms with Crippen LogP contribution in [-0.2, 0) is 16.6 Å². The first-order valence-electron chi connectivity index (χ1n) is 10.0. The molecule has 0 bridgehead atoms. The number of imidazole rings is 1. The Labute approximate surface area is 168 Å². The van der Waals surface area contributed by atoms with Gasteiger partial charge in [-0.1, -0.05) is 17.9 Å². The first-order valence-corrected chi connectivity index (χ1v) is 10.0. The van der Waals surface area contributed by atoms with Crippen LogP contribution in [0.25, 0.3) is 11.0 Å². The zero-order valence-electron chi connectivity index (χ0n) is 16.5. The Kier molecular flexibility index (Phi) is 5.72. The van der Waals surface area contributed by atoms with Gasteiger partial charge in [0.15, 0.2) is 0 Å². The van der Waals surface area contributed by atoms with Crippen molar-refractivity contribution in [1.82, 2.24) is 19.8 Å². The second-order valence-electron chi connectivity index (χ2n) is 7.57. The van der Waals surface area contributed by atoms with Crippen LogP contribution in [-0.4, -0.2) is 52.2 Å². The maximum atomic E-state index is 12.9. The van der Waals surface area contributed by atoms with Crippen LogP contribution in [0.2, 0.25) is 0 Å². The average Bonchev–Trinajstić information content (AvgIpc) is 2.98. The number of nitrogens with zero attached hydrogens (tertiary/aromatic N) is 2. The Hall–Kier alpha value is -2.60. The van der Waals surface area contributed by atoms with E-state index in [1.54, 1.807) is 16.2 Å². The molecule has 0 saturated carbocycles. The Bertz CT molecular complexity index is 1020. The molecule has 8 nitrogen and oxygen atoms in total. The number of ether oxygens (including phenoxy) is 1. The zero-order chi connectivity index (χ0) is 20.4. The van der Waals surface area contributed by atoms with E-state index in [1.807, 2.05) is 18.2 Å². The van der Waals surface area contributed by atoms with Gasteiger partial charge in [0.1, 0.15) is 12.8 Å². The number of hydrogen-bond acceptors (Lipinski definition) is 5. The SMILES string of the molecule is Cn1c(=O)n(C2CCC(=O)NC2O)c2cccc(C#CCOC3CCNCC3)c21. The summed E-state index contributed by atoms with van der Waals surface area (Å²) in [5.74, 6) is 6.00. The lowest BCUT2D eigenvalue weighted by molar-refractivity contribution is -0.128. The Morgan fingerprint density at radius 2 is 2.03 bits per heavy atom. The van der Waals surface area contributed by atoms with E-state index in [4.69, 9.17) is 4.74 Å². The molecule has 2 aromatic rings. The number of carbonyl (C=O) groups excluding carboxylic acids is 1. The van der Waals surface area contributed by atoms with Gasteiger partial charge in [0.2, 0.25) is 5.91 Å². The maximum absolute atomic E-state index is 12.9. The molecule has 4 rings (SSSR count). The number of benzene rings is 1. The highest BCUT2D eigenvalue weighted by atomic mass is 16.5. The van der Waals surface area contributed by atoms with E-state index in [2.05, 4.69) is 22.5 Å². The van der Waals surface area contributed by atoms with E-state index in [0.717, 1.165) is 37.0 Å². The molecule has 0 spiro atoms. The van der Waals surface area contributed by atoms with E-state index in [-0.39, 0.29) is 24.1 Å². The quantitative estimate of drug-likeness (QED) is 0.643. The lowest BCUT2D eigenvalue weighted by Crippen LogP contribution is -2.47. The van der Waals surface area contributed by atoms with Crippen molar-refractivity contribution >= 4 is 16.9 Å². The molecular formula is C21H26N4O4. The fraction of sp³-hybridized carbons (Fsp3) is 0.524. The third-order valence-corrected chi connectivity index (χ3v) is 5.68. The third kappa shape index (κ3) is 3.94. The summed E-state index contributed by atoms with van der Waals surface area (Å²) in [7, 11) is 1.70. The summed E-state index contributed by atoms with van der Waals surface area (Å²) >= 11 is 0. The van der Waals surface area contributed by atoms with Crippen LogP contribution >= 0.6 is 0 Å². The van der Waals surface area contributed by atoms with Crippen LogP contribution in [0.1, 0.15) is 37.3 Å². The lowest BCUT2D eigenvalue weighted by Gasteiger charge is -2.29. The van der Waals surface area contributed by atoms with E-state index in [1.165, 1.54) is 0 Å². The summed E-state index contributed by atoms with van der Waals surface area (Å²) in [4.78, 5) is 24.4. The Balaban J connectivity index is 1.61. The van der Waals surface area contributed by atoms with E-state index in [9.17, 15) is 14.7 Å². The first kappa shape index (κ1) is 19.7. The van der Waals surface area contributed by atoms with Crippen molar-refractivity contribution in [3.63, 3.8) is 0 Å². The van der Waals surface area contributed by atoms with Gasteiger partial charge in [-0.2, -0.15) is 0 Å². The number of para-hydroxylation sites is 1. The number of nitrogens with one attached hydrogen (secondary N) is 2. The highest BCUT2D eigenvalue weighted by Gasteiger charge is 2.31.